The number of aryl methyl sites for hydroxylation is 1. The van der Waals surface area contributed by atoms with Crippen LogP contribution in [-0.2, 0) is 11.2 Å². The summed E-state index contributed by atoms with van der Waals surface area (Å²) in [5.41, 5.74) is 3.12. The molecule has 108 valence electrons. The van der Waals surface area contributed by atoms with Crippen LogP contribution in [-0.4, -0.2) is 18.2 Å². The number of rotatable bonds is 2. The summed E-state index contributed by atoms with van der Waals surface area (Å²) in [5, 5.41) is 0.641. The molecule has 2 nitrogen and oxygen atoms in total. The zero-order valence-electron chi connectivity index (χ0n) is 12.0. The number of benzene rings is 2. The van der Waals surface area contributed by atoms with E-state index in [1.54, 1.807) is 16.7 Å². The molecule has 0 saturated carbocycles. The Bertz CT molecular complexity index is 676. The second-order valence-electron chi connectivity index (χ2n) is 5.25. The van der Waals surface area contributed by atoms with Gasteiger partial charge in [0.25, 0.3) is 0 Å². The lowest BCUT2D eigenvalue weighted by molar-refractivity contribution is -0.117. The quantitative estimate of drug-likeness (QED) is 0.821. The van der Waals surface area contributed by atoms with Gasteiger partial charge in [-0.05, 0) is 42.7 Å². The number of anilines is 1. The van der Waals surface area contributed by atoms with Gasteiger partial charge in [-0.3, -0.25) is 4.79 Å². The summed E-state index contributed by atoms with van der Waals surface area (Å²) in [7, 11) is 1.81. The second-order valence-corrected chi connectivity index (χ2v) is 6.90. The molecule has 21 heavy (non-hydrogen) atoms. The first kappa shape index (κ1) is 14.5. The largest absolute Gasteiger partial charge is 0.314 e. The third-order valence-corrected chi connectivity index (χ3v) is 5.51. The lowest BCUT2D eigenvalue weighted by Gasteiger charge is -2.21. The van der Waals surface area contributed by atoms with Crippen LogP contribution >= 0.6 is 23.4 Å². The van der Waals surface area contributed by atoms with Crippen LogP contribution in [0, 0.1) is 6.92 Å². The van der Waals surface area contributed by atoms with Gasteiger partial charge < -0.3 is 4.90 Å². The van der Waals surface area contributed by atoms with Gasteiger partial charge in [0.1, 0.15) is 0 Å². The van der Waals surface area contributed by atoms with Gasteiger partial charge in [0.15, 0.2) is 0 Å². The van der Waals surface area contributed by atoms with Crippen LogP contribution < -0.4 is 4.90 Å². The van der Waals surface area contributed by atoms with Gasteiger partial charge in [0.05, 0.1) is 5.25 Å². The highest BCUT2D eigenvalue weighted by atomic mass is 35.5. The van der Waals surface area contributed by atoms with Gasteiger partial charge in [-0.2, -0.15) is 0 Å². The molecule has 0 aromatic heterocycles. The van der Waals surface area contributed by atoms with Gasteiger partial charge in [-0.25, -0.2) is 0 Å². The molecule has 1 aliphatic rings. The van der Waals surface area contributed by atoms with E-state index >= 15 is 0 Å². The van der Waals surface area contributed by atoms with E-state index in [4.69, 9.17) is 11.6 Å². The maximum Gasteiger partial charge on any atom is 0.240 e. The fourth-order valence-electron chi connectivity index (χ4n) is 2.45. The van der Waals surface area contributed by atoms with Gasteiger partial charge >= 0.3 is 0 Å². The highest BCUT2D eigenvalue weighted by molar-refractivity contribution is 8.01. The standard InChI is InChI=1S/C17H16ClNOS/c1-11-7-8-13(10-14(11)18)19(2)17(20)16-9-12-5-3-4-6-15(12)21-16/h3-8,10,16H,9H2,1-2H3. The van der Waals surface area contributed by atoms with Crippen molar-refractivity contribution in [3.8, 4) is 0 Å². The number of hydrogen-bond donors (Lipinski definition) is 0. The molecular formula is C17H16ClNOS. The Balaban J connectivity index is 1.78. The average Bonchev–Trinajstić information content (AvgIpc) is 2.92. The fourth-order valence-corrected chi connectivity index (χ4v) is 3.92. The minimum atomic E-state index is -0.0486. The van der Waals surface area contributed by atoms with E-state index in [0.717, 1.165) is 17.7 Å². The number of carbonyl (C=O) groups excluding carboxylic acids is 1. The molecular weight excluding hydrogens is 302 g/mol. The average molecular weight is 318 g/mol. The first-order valence-corrected chi connectivity index (χ1v) is 8.10. The van der Waals surface area contributed by atoms with E-state index in [9.17, 15) is 4.79 Å². The molecule has 0 aliphatic carbocycles. The summed E-state index contributed by atoms with van der Waals surface area (Å²) in [6.45, 7) is 1.96. The summed E-state index contributed by atoms with van der Waals surface area (Å²) < 4.78 is 0. The summed E-state index contributed by atoms with van der Waals surface area (Å²) in [4.78, 5) is 15.6. The normalized spacial score (nSPS) is 16.6. The molecule has 0 fully saturated rings. The topological polar surface area (TPSA) is 20.3 Å². The van der Waals surface area contributed by atoms with Gasteiger partial charge in [0.2, 0.25) is 5.91 Å². The Morgan fingerprint density at radius 3 is 2.76 bits per heavy atom. The highest BCUT2D eigenvalue weighted by Crippen LogP contribution is 2.38. The van der Waals surface area contributed by atoms with E-state index in [-0.39, 0.29) is 11.2 Å². The van der Waals surface area contributed by atoms with Crippen LogP contribution in [0.3, 0.4) is 0 Å². The molecule has 0 saturated heterocycles. The van der Waals surface area contributed by atoms with E-state index in [1.165, 1.54) is 10.5 Å². The Hall–Kier alpha value is -1.45. The fraction of sp³-hybridized carbons (Fsp3) is 0.235. The molecule has 3 rings (SSSR count). The third kappa shape index (κ3) is 2.81. The minimum absolute atomic E-state index is 0.0486. The van der Waals surface area contributed by atoms with Crippen LogP contribution in [0.15, 0.2) is 47.4 Å². The molecule has 2 aromatic carbocycles. The van der Waals surface area contributed by atoms with Crippen molar-refractivity contribution in [3.63, 3.8) is 0 Å². The maximum absolute atomic E-state index is 12.7. The number of thioether (sulfide) groups is 1. The summed E-state index contributed by atoms with van der Waals surface area (Å²) in [5.74, 6) is 0.121. The number of nitrogens with zero attached hydrogens (tertiary/aromatic N) is 1. The van der Waals surface area contributed by atoms with Crippen molar-refractivity contribution in [3.05, 3.63) is 58.6 Å². The van der Waals surface area contributed by atoms with Crippen molar-refractivity contribution >= 4 is 35.0 Å². The second kappa shape index (κ2) is 5.74. The Morgan fingerprint density at radius 1 is 1.29 bits per heavy atom. The molecule has 1 atom stereocenters. The molecule has 1 unspecified atom stereocenters. The Kier molecular flexibility index (Phi) is 3.96. The molecule has 2 aromatic rings. The van der Waals surface area contributed by atoms with Crippen molar-refractivity contribution in [2.75, 3.05) is 11.9 Å². The molecule has 1 amide bonds. The van der Waals surface area contributed by atoms with Gasteiger partial charge in [-0.1, -0.05) is 35.9 Å². The van der Waals surface area contributed by atoms with E-state index in [1.807, 2.05) is 44.3 Å². The highest BCUT2D eigenvalue weighted by Gasteiger charge is 2.30. The summed E-state index contributed by atoms with van der Waals surface area (Å²) in [6, 6.07) is 13.9. The zero-order chi connectivity index (χ0) is 15.0. The number of carbonyl (C=O) groups is 1. The molecule has 4 heteroatoms. The lowest BCUT2D eigenvalue weighted by atomic mass is 10.1. The number of halogens is 1. The summed E-state index contributed by atoms with van der Waals surface area (Å²) in [6.07, 6.45) is 0.795. The maximum atomic E-state index is 12.7. The minimum Gasteiger partial charge on any atom is -0.314 e. The predicted molar refractivity (Wildman–Crippen MR) is 89.4 cm³/mol. The molecule has 0 bridgehead atoms. The van der Waals surface area contributed by atoms with Crippen molar-refractivity contribution in [1.29, 1.82) is 0 Å². The van der Waals surface area contributed by atoms with Crippen molar-refractivity contribution < 1.29 is 4.79 Å². The van der Waals surface area contributed by atoms with Crippen LogP contribution in [0.25, 0.3) is 0 Å². The van der Waals surface area contributed by atoms with Gasteiger partial charge in [0, 0.05) is 22.7 Å². The Labute approximate surface area is 134 Å². The monoisotopic (exact) mass is 317 g/mol. The van der Waals surface area contributed by atoms with Crippen LogP contribution in [0.2, 0.25) is 5.02 Å². The van der Waals surface area contributed by atoms with Gasteiger partial charge in [-0.15, -0.1) is 11.8 Å². The van der Waals surface area contributed by atoms with E-state index in [0.29, 0.717) is 5.02 Å². The predicted octanol–water partition coefficient (Wildman–Crippen LogP) is 4.33. The molecule has 0 radical (unpaired) electrons. The lowest BCUT2D eigenvalue weighted by Crippen LogP contribution is -2.34. The van der Waals surface area contributed by atoms with Crippen LogP contribution in [0.1, 0.15) is 11.1 Å². The Morgan fingerprint density at radius 2 is 2.05 bits per heavy atom. The van der Waals surface area contributed by atoms with Crippen LogP contribution in [0.4, 0.5) is 5.69 Å². The first-order valence-electron chi connectivity index (χ1n) is 6.84. The zero-order valence-corrected chi connectivity index (χ0v) is 13.5. The number of hydrogen-bond acceptors (Lipinski definition) is 2. The SMILES string of the molecule is Cc1ccc(N(C)C(=O)C2Cc3ccccc3S2)cc1Cl. The van der Waals surface area contributed by atoms with E-state index in [2.05, 4.69) is 12.1 Å². The van der Waals surface area contributed by atoms with Crippen molar-refractivity contribution in [2.24, 2.45) is 0 Å². The first-order chi connectivity index (χ1) is 10.1. The molecule has 0 spiro atoms. The molecule has 0 N–H and O–H groups in total. The molecule has 1 aliphatic heterocycles. The summed E-state index contributed by atoms with van der Waals surface area (Å²) >= 11 is 7.80. The van der Waals surface area contributed by atoms with Crippen molar-refractivity contribution in [1.82, 2.24) is 0 Å². The smallest absolute Gasteiger partial charge is 0.240 e. The number of fused-ring (bicyclic) bond motifs is 1. The number of amides is 1. The van der Waals surface area contributed by atoms with Crippen LogP contribution in [0.5, 0.6) is 0 Å². The third-order valence-electron chi connectivity index (χ3n) is 3.80. The van der Waals surface area contributed by atoms with Crippen molar-refractivity contribution in [2.45, 2.75) is 23.5 Å². The van der Waals surface area contributed by atoms with E-state index < -0.39 is 0 Å². The molecule has 1 heterocycles.